The highest BCUT2D eigenvalue weighted by Gasteiger charge is 2.16. The van der Waals surface area contributed by atoms with Crippen LogP contribution in [-0.4, -0.2) is 0 Å². The van der Waals surface area contributed by atoms with E-state index in [0.717, 1.165) is 17.0 Å². The molecule has 2 aromatic carbocycles. The number of benzene rings is 2. The Hall–Kier alpha value is -1.90. The molecule has 0 radical (unpaired) electrons. The quantitative estimate of drug-likeness (QED) is 0.659. The van der Waals surface area contributed by atoms with E-state index in [1.807, 2.05) is 42.5 Å². The minimum atomic E-state index is -0.0848. The summed E-state index contributed by atoms with van der Waals surface area (Å²) in [5.74, 6) is 0.840. The molecular formula is C17H13Cl2NO. The Morgan fingerprint density at radius 2 is 1.67 bits per heavy atom. The average Bonchev–Trinajstić information content (AvgIpc) is 3.03. The third-order valence-corrected chi connectivity index (χ3v) is 3.93. The molecule has 21 heavy (non-hydrogen) atoms. The number of nitrogens with one attached hydrogen (secondary N) is 1. The van der Waals surface area contributed by atoms with Crippen molar-refractivity contribution in [1.29, 1.82) is 0 Å². The molecule has 0 amide bonds. The Labute approximate surface area is 133 Å². The monoisotopic (exact) mass is 317 g/mol. The maximum Gasteiger partial charge on any atom is 0.130 e. The van der Waals surface area contributed by atoms with Gasteiger partial charge in [0.05, 0.1) is 16.3 Å². The van der Waals surface area contributed by atoms with Crippen LogP contribution in [0.15, 0.2) is 71.3 Å². The maximum atomic E-state index is 6.07. The first-order valence-corrected chi connectivity index (χ1v) is 7.29. The van der Waals surface area contributed by atoms with Gasteiger partial charge in [0.2, 0.25) is 0 Å². The van der Waals surface area contributed by atoms with E-state index in [-0.39, 0.29) is 6.04 Å². The van der Waals surface area contributed by atoms with E-state index in [1.165, 1.54) is 0 Å². The number of hydrogen-bond acceptors (Lipinski definition) is 2. The van der Waals surface area contributed by atoms with Gasteiger partial charge >= 0.3 is 0 Å². The summed E-state index contributed by atoms with van der Waals surface area (Å²) < 4.78 is 5.55. The zero-order chi connectivity index (χ0) is 14.7. The lowest BCUT2D eigenvalue weighted by Crippen LogP contribution is -2.11. The van der Waals surface area contributed by atoms with Gasteiger partial charge < -0.3 is 9.73 Å². The van der Waals surface area contributed by atoms with Gasteiger partial charge in [-0.25, -0.2) is 0 Å². The second-order valence-electron chi connectivity index (χ2n) is 4.63. The van der Waals surface area contributed by atoms with Crippen molar-refractivity contribution in [3.8, 4) is 0 Å². The molecule has 0 saturated carbocycles. The smallest absolute Gasteiger partial charge is 0.130 e. The van der Waals surface area contributed by atoms with Crippen LogP contribution < -0.4 is 5.32 Å². The SMILES string of the molecule is Clc1ccc(NC(c2ccccc2)c2ccco2)cc1Cl. The van der Waals surface area contributed by atoms with E-state index < -0.39 is 0 Å². The van der Waals surface area contributed by atoms with Crippen LogP contribution in [0.25, 0.3) is 0 Å². The average molecular weight is 318 g/mol. The van der Waals surface area contributed by atoms with E-state index >= 15 is 0 Å². The highest BCUT2D eigenvalue weighted by Crippen LogP contribution is 2.30. The molecule has 3 rings (SSSR count). The fourth-order valence-electron chi connectivity index (χ4n) is 2.17. The van der Waals surface area contributed by atoms with E-state index in [4.69, 9.17) is 27.6 Å². The van der Waals surface area contributed by atoms with Crippen LogP contribution in [0, 0.1) is 0 Å². The number of rotatable bonds is 4. The van der Waals surface area contributed by atoms with E-state index in [1.54, 1.807) is 12.3 Å². The van der Waals surface area contributed by atoms with Gasteiger partial charge in [0, 0.05) is 5.69 Å². The van der Waals surface area contributed by atoms with Gasteiger partial charge in [-0.2, -0.15) is 0 Å². The summed E-state index contributed by atoms with van der Waals surface area (Å²) in [7, 11) is 0. The fourth-order valence-corrected chi connectivity index (χ4v) is 2.47. The van der Waals surface area contributed by atoms with Crippen molar-refractivity contribution in [2.75, 3.05) is 5.32 Å². The van der Waals surface area contributed by atoms with Gasteiger partial charge in [0.1, 0.15) is 11.8 Å². The molecule has 1 heterocycles. The Kier molecular flexibility index (Phi) is 4.18. The molecule has 0 spiro atoms. The van der Waals surface area contributed by atoms with Gasteiger partial charge in [-0.15, -0.1) is 0 Å². The van der Waals surface area contributed by atoms with Crippen LogP contribution in [0.1, 0.15) is 17.4 Å². The summed E-state index contributed by atoms with van der Waals surface area (Å²) in [6, 6.07) is 19.3. The van der Waals surface area contributed by atoms with Crippen LogP contribution in [0.4, 0.5) is 5.69 Å². The standard InChI is InChI=1S/C17H13Cl2NO/c18-14-9-8-13(11-15(14)19)20-17(16-7-4-10-21-16)12-5-2-1-3-6-12/h1-11,17,20H. The van der Waals surface area contributed by atoms with E-state index in [9.17, 15) is 0 Å². The molecule has 4 heteroatoms. The molecule has 106 valence electrons. The Morgan fingerprint density at radius 1 is 0.857 bits per heavy atom. The zero-order valence-electron chi connectivity index (χ0n) is 11.1. The largest absolute Gasteiger partial charge is 0.467 e. The third kappa shape index (κ3) is 3.23. The van der Waals surface area contributed by atoms with Gasteiger partial charge in [-0.1, -0.05) is 53.5 Å². The second-order valence-corrected chi connectivity index (χ2v) is 5.45. The summed E-state index contributed by atoms with van der Waals surface area (Å²) in [6.07, 6.45) is 1.67. The van der Waals surface area contributed by atoms with Crippen molar-refractivity contribution in [1.82, 2.24) is 0 Å². The van der Waals surface area contributed by atoms with Crippen molar-refractivity contribution in [2.24, 2.45) is 0 Å². The second kappa shape index (κ2) is 6.25. The van der Waals surface area contributed by atoms with Crippen molar-refractivity contribution in [3.05, 3.63) is 88.3 Å². The molecule has 3 aromatic rings. The van der Waals surface area contributed by atoms with Crippen molar-refractivity contribution >= 4 is 28.9 Å². The highest BCUT2D eigenvalue weighted by molar-refractivity contribution is 6.42. The first kappa shape index (κ1) is 14.1. The normalized spacial score (nSPS) is 12.1. The molecule has 0 aliphatic heterocycles. The molecular weight excluding hydrogens is 305 g/mol. The lowest BCUT2D eigenvalue weighted by Gasteiger charge is -2.18. The van der Waals surface area contributed by atoms with Crippen LogP contribution in [0.5, 0.6) is 0 Å². The Bertz CT molecular complexity index is 711. The summed E-state index contributed by atoms with van der Waals surface area (Å²) in [5, 5.41) is 4.49. The van der Waals surface area contributed by atoms with Gasteiger partial charge in [-0.05, 0) is 35.9 Å². The van der Waals surface area contributed by atoms with E-state index in [0.29, 0.717) is 10.0 Å². The molecule has 0 saturated heterocycles. The van der Waals surface area contributed by atoms with Crippen LogP contribution in [0.3, 0.4) is 0 Å². The summed E-state index contributed by atoms with van der Waals surface area (Å²) in [5.41, 5.74) is 1.99. The molecule has 0 fully saturated rings. The molecule has 1 unspecified atom stereocenters. The summed E-state index contributed by atoms with van der Waals surface area (Å²) in [6.45, 7) is 0. The predicted molar refractivity (Wildman–Crippen MR) is 87.1 cm³/mol. The van der Waals surface area contributed by atoms with Gasteiger partial charge in [0.25, 0.3) is 0 Å². The van der Waals surface area contributed by atoms with Gasteiger partial charge in [0.15, 0.2) is 0 Å². The highest BCUT2D eigenvalue weighted by atomic mass is 35.5. The topological polar surface area (TPSA) is 25.2 Å². The molecule has 0 aliphatic rings. The van der Waals surface area contributed by atoms with Crippen LogP contribution in [-0.2, 0) is 0 Å². The first-order valence-electron chi connectivity index (χ1n) is 6.54. The first-order chi connectivity index (χ1) is 10.2. The van der Waals surface area contributed by atoms with Gasteiger partial charge in [-0.3, -0.25) is 0 Å². The predicted octanol–water partition coefficient (Wildman–Crippen LogP) is 5.79. The van der Waals surface area contributed by atoms with E-state index in [2.05, 4.69) is 17.4 Å². The molecule has 0 bridgehead atoms. The van der Waals surface area contributed by atoms with Crippen LogP contribution >= 0.6 is 23.2 Å². The fraction of sp³-hybridized carbons (Fsp3) is 0.0588. The summed E-state index contributed by atoms with van der Waals surface area (Å²) in [4.78, 5) is 0. The lowest BCUT2D eigenvalue weighted by molar-refractivity contribution is 0.499. The molecule has 1 N–H and O–H groups in total. The molecule has 0 aliphatic carbocycles. The number of hydrogen-bond donors (Lipinski definition) is 1. The minimum absolute atomic E-state index is 0.0848. The Morgan fingerprint density at radius 3 is 2.33 bits per heavy atom. The number of furan rings is 1. The van der Waals surface area contributed by atoms with Crippen molar-refractivity contribution < 1.29 is 4.42 Å². The minimum Gasteiger partial charge on any atom is -0.467 e. The third-order valence-electron chi connectivity index (χ3n) is 3.19. The van der Waals surface area contributed by atoms with Crippen molar-refractivity contribution in [3.63, 3.8) is 0 Å². The summed E-state index contributed by atoms with van der Waals surface area (Å²) >= 11 is 12.0. The van der Waals surface area contributed by atoms with Crippen LogP contribution in [0.2, 0.25) is 10.0 Å². The molecule has 1 aromatic heterocycles. The lowest BCUT2D eigenvalue weighted by atomic mass is 10.0. The number of halogens is 2. The molecule has 2 nitrogen and oxygen atoms in total. The Balaban J connectivity index is 1.95. The maximum absolute atomic E-state index is 6.07. The van der Waals surface area contributed by atoms with Crippen molar-refractivity contribution in [2.45, 2.75) is 6.04 Å². The number of anilines is 1. The molecule has 1 atom stereocenters. The zero-order valence-corrected chi connectivity index (χ0v) is 12.6.